The molecule has 6 nitrogen and oxygen atoms in total. The van der Waals surface area contributed by atoms with E-state index in [4.69, 9.17) is 11.5 Å². The van der Waals surface area contributed by atoms with E-state index in [2.05, 4.69) is 73.7 Å². The quantitative estimate of drug-likeness (QED) is 0.382. The molecule has 1 atom stereocenters. The van der Waals surface area contributed by atoms with E-state index in [0.29, 0.717) is 11.6 Å². The number of aryl methyl sites for hydroxylation is 2. The highest BCUT2D eigenvalue weighted by atomic mass is 79.9. The van der Waals surface area contributed by atoms with Gasteiger partial charge in [-0.2, -0.15) is 0 Å². The molecule has 4 aromatic rings. The average Bonchev–Trinajstić information content (AvgIpc) is 3.16. The first-order valence-electron chi connectivity index (χ1n) is 10.3. The first-order chi connectivity index (χ1) is 14.4. The molecular formula is C23H27BrN6. The molecule has 0 saturated heterocycles. The van der Waals surface area contributed by atoms with Crippen LogP contribution in [0.3, 0.4) is 0 Å². The van der Waals surface area contributed by atoms with E-state index in [9.17, 15) is 0 Å². The third-order valence-corrected chi connectivity index (χ3v) is 6.91. The molecule has 4 N–H and O–H groups in total. The van der Waals surface area contributed by atoms with Gasteiger partial charge in [-0.15, -0.1) is 0 Å². The zero-order chi connectivity index (χ0) is 21.3. The fourth-order valence-electron chi connectivity index (χ4n) is 3.88. The maximum atomic E-state index is 5.97. The fraction of sp³-hybridized carbons (Fsp3) is 0.348. The minimum Gasteiger partial charge on any atom is -0.383 e. The molecule has 0 aliphatic rings. The van der Waals surface area contributed by atoms with E-state index < -0.39 is 0 Å². The third-order valence-electron chi connectivity index (χ3n) is 6.28. The van der Waals surface area contributed by atoms with Gasteiger partial charge in [0, 0.05) is 18.1 Å². The molecule has 0 unspecified atom stereocenters. The molecule has 0 spiro atoms. The number of nitrogen functional groups attached to an aromatic ring is 2. The van der Waals surface area contributed by atoms with E-state index in [1.165, 1.54) is 11.9 Å². The Labute approximate surface area is 184 Å². The third kappa shape index (κ3) is 4.12. The first-order valence-corrected chi connectivity index (χ1v) is 11.1. The summed E-state index contributed by atoms with van der Waals surface area (Å²) in [7, 11) is 0. The molecular weight excluding hydrogens is 440 g/mol. The van der Waals surface area contributed by atoms with E-state index >= 15 is 0 Å². The first kappa shape index (κ1) is 20.6. The fourth-order valence-corrected chi connectivity index (χ4v) is 4.21. The van der Waals surface area contributed by atoms with Gasteiger partial charge in [-0.05, 0) is 64.4 Å². The average molecular weight is 467 g/mol. The lowest BCUT2D eigenvalue weighted by atomic mass is 9.78. The Balaban J connectivity index is 1.46. The van der Waals surface area contributed by atoms with Gasteiger partial charge < -0.3 is 16.0 Å². The zero-order valence-corrected chi connectivity index (χ0v) is 19.0. The number of pyridine rings is 1. The van der Waals surface area contributed by atoms with E-state index in [1.807, 2.05) is 12.1 Å². The Morgan fingerprint density at radius 3 is 2.70 bits per heavy atom. The van der Waals surface area contributed by atoms with Crippen LogP contribution in [0.15, 0.2) is 47.3 Å². The monoisotopic (exact) mass is 466 g/mol. The molecule has 7 heteroatoms. The van der Waals surface area contributed by atoms with Gasteiger partial charge in [0.1, 0.15) is 23.6 Å². The molecule has 0 aliphatic carbocycles. The van der Waals surface area contributed by atoms with Crippen molar-refractivity contribution in [2.75, 3.05) is 11.5 Å². The molecule has 0 bridgehead atoms. The summed E-state index contributed by atoms with van der Waals surface area (Å²) in [6, 6.07) is 10.5. The van der Waals surface area contributed by atoms with Crippen molar-refractivity contribution in [3.05, 3.63) is 52.9 Å². The van der Waals surface area contributed by atoms with E-state index in [0.717, 1.165) is 58.6 Å². The SMILES string of the molecule is CC[C@](C)(CCc1ccc2cc(Br)c(N)nc2c1)CCn1ccc2c(N)ncnc21. The van der Waals surface area contributed by atoms with Crippen molar-refractivity contribution >= 4 is 49.5 Å². The number of nitrogens with zero attached hydrogens (tertiary/aromatic N) is 4. The van der Waals surface area contributed by atoms with Crippen LogP contribution < -0.4 is 11.5 Å². The standard InChI is InChI=1S/C23H27BrN6/c1-3-23(2,9-11-30-10-7-17-20(25)27-14-28-22(17)30)8-6-15-4-5-16-13-18(24)21(26)29-19(16)12-15/h4-5,7,10,12-14H,3,6,8-9,11H2,1-2H3,(H2,26,29)(H2,25,27,28)/t23-/m1/s1. The number of hydrogen-bond donors (Lipinski definition) is 2. The Bertz CT molecular complexity index is 1200. The second-order valence-corrected chi connectivity index (χ2v) is 9.16. The molecule has 0 fully saturated rings. The normalized spacial score (nSPS) is 13.7. The molecule has 1 aromatic carbocycles. The van der Waals surface area contributed by atoms with Gasteiger partial charge in [-0.1, -0.05) is 32.4 Å². The summed E-state index contributed by atoms with van der Waals surface area (Å²) < 4.78 is 3.02. The lowest BCUT2D eigenvalue weighted by Gasteiger charge is -2.29. The zero-order valence-electron chi connectivity index (χ0n) is 17.4. The summed E-state index contributed by atoms with van der Waals surface area (Å²) in [5.41, 5.74) is 15.3. The molecule has 3 heterocycles. The highest BCUT2D eigenvalue weighted by Crippen LogP contribution is 2.33. The lowest BCUT2D eigenvalue weighted by Crippen LogP contribution is -2.19. The molecule has 4 rings (SSSR count). The summed E-state index contributed by atoms with van der Waals surface area (Å²) in [4.78, 5) is 13.0. The highest BCUT2D eigenvalue weighted by Gasteiger charge is 2.22. The van der Waals surface area contributed by atoms with Crippen LogP contribution in [0.1, 0.15) is 38.7 Å². The molecule has 3 aromatic heterocycles. The highest BCUT2D eigenvalue weighted by molar-refractivity contribution is 9.10. The predicted molar refractivity (Wildman–Crippen MR) is 127 cm³/mol. The van der Waals surface area contributed by atoms with E-state index in [-0.39, 0.29) is 5.41 Å². The molecule has 0 saturated carbocycles. The van der Waals surface area contributed by atoms with E-state index in [1.54, 1.807) is 0 Å². The second-order valence-electron chi connectivity index (χ2n) is 8.30. The summed E-state index contributed by atoms with van der Waals surface area (Å²) in [6.45, 7) is 5.55. The Morgan fingerprint density at radius 1 is 1.07 bits per heavy atom. The molecule has 30 heavy (non-hydrogen) atoms. The number of hydrogen-bond acceptors (Lipinski definition) is 5. The van der Waals surface area contributed by atoms with Gasteiger partial charge >= 0.3 is 0 Å². The van der Waals surface area contributed by atoms with Gasteiger partial charge in [0.2, 0.25) is 0 Å². The van der Waals surface area contributed by atoms with Crippen LogP contribution in [-0.2, 0) is 13.0 Å². The summed E-state index contributed by atoms with van der Waals surface area (Å²) in [6.07, 6.45) is 7.91. The second kappa shape index (κ2) is 8.22. The maximum Gasteiger partial charge on any atom is 0.145 e. The summed E-state index contributed by atoms with van der Waals surface area (Å²) in [5, 5.41) is 2.02. The molecule has 0 aliphatic heterocycles. The Kier molecular flexibility index (Phi) is 5.64. The van der Waals surface area contributed by atoms with Gasteiger partial charge in [-0.3, -0.25) is 0 Å². The predicted octanol–water partition coefficient (Wildman–Crippen LogP) is 5.35. The Morgan fingerprint density at radius 2 is 1.90 bits per heavy atom. The summed E-state index contributed by atoms with van der Waals surface area (Å²) in [5.74, 6) is 1.07. The van der Waals surface area contributed by atoms with Crippen LogP contribution in [-0.4, -0.2) is 19.5 Å². The van der Waals surface area contributed by atoms with Crippen molar-refractivity contribution in [2.24, 2.45) is 5.41 Å². The molecule has 0 radical (unpaired) electrons. The number of rotatable bonds is 7. The van der Waals surface area contributed by atoms with Crippen LogP contribution in [0.2, 0.25) is 0 Å². The number of halogens is 1. The molecule has 0 amide bonds. The smallest absolute Gasteiger partial charge is 0.145 e. The van der Waals surface area contributed by atoms with Crippen LogP contribution >= 0.6 is 15.9 Å². The topological polar surface area (TPSA) is 95.6 Å². The van der Waals surface area contributed by atoms with Crippen molar-refractivity contribution < 1.29 is 0 Å². The minimum absolute atomic E-state index is 0.232. The van der Waals surface area contributed by atoms with Crippen molar-refractivity contribution in [3.63, 3.8) is 0 Å². The van der Waals surface area contributed by atoms with Crippen LogP contribution in [0.4, 0.5) is 11.6 Å². The molecule has 156 valence electrons. The van der Waals surface area contributed by atoms with Crippen molar-refractivity contribution in [1.82, 2.24) is 19.5 Å². The number of benzene rings is 1. The lowest BCUT2D eigenvalue weighted by molar-refractivity contribution is 0.247. The van der Waals surface area contributed by atoms with Crippen molar-refractivity contribution in [2.45, 2.75) is 46.1 Å². The number of aromatic nitrogens is 4. The Hall–Kier alpha value is -2.67. The number of anilines is 2. The maximum absolute atomic E-state index is 5.97. The van der Waals surface area contributed by atoms with Crippen molar-refractivity contribution in [3.8, 4) is 0 Å². The van der Waals surface area contributed by atoms with Crippen LogP contribution in [0.5, 0.6) is 0 Å². The van der Waals surface area contributed by atoms with Crippen LogP contribution in [0.25, 0.3) is 21.9 Å². The van der Waals surface area contributed by atoms with Gasteiger partial charge in [0.05, 0.1) is 15.4 Å². The summed E-state index contributed by atoms with van der Waals surface area (Å²) >= 11 is 3.45. The number of fused-ring (bicyclic) bond motifs is 2. The number of nitrogens with two attached hydrogens (primary N) is 2. The largest absolute Gasteiger partial charge is 0.383 e. The van der Waals surface area contributed by atoms with Crippen molar-refractivity contribution in [1.29, 1.82) is 0 Å². The minimum atomic E-state index is 0.232. The van der Waals surface area contributed by atoms with Gasteiger partial charge in [0.15, 0.2) is 0 Å². The van der Waals surface area contributed by atoms with Crippen LogP contribution in [0, 0.1) is 5.41 Å². The van der Waals surface area contributed by atoms with Gasteiger partial charge in [0.25, 0.3) is 0 Å². The van der Waals surface area contributed by atoms with Gasteiger partial charge in [-0.25, -0.2) is 15.0 Å².